The van der Waals surface area contributed by atoms with Gasteiger partial charge in [-0.2, -0.15) is 5.10 Å². The summed E-state index contributed by atoms with van der Waals surface area (Å²) in [6.07, 6.45) is 3.27. The van der Waals surface area contributed by atoms with Gasteiger partial charge in [0.15, 0.2) is 5.65 Å². The van der Waals surface area contributed by atoms with Crippen LogP contribution in [0.25, 0.3) is 16.6 Å². The van der Waals surface area contributed by atoms with Crippen molar-refractivity contribution in [2.24, 2.45) is 0 Å². The van der Waals surface area contributed by atoms with Gasteiger partial charge in [-0.1, -0.05) is 0 Å². The van der Waals surface area contributed by atoms with Crippen LogP contribution in [0.2, 0.25) is 0 Å². The summed E-state index contributed by atoms with van der Waals surface area (Å²) in [6, 6.07) is 1.83. The Bertz CT molecular complexity index is 1060. The van der Waals surface area contributed by atoms with Crippen molar-refractivity contribution in [2.75, 3.05) is 40.0 Å². The van der Waals surface area contributed by atoms with E-state index in [1.165, 1.54) is 17.8 Å². The van der Waals surface area contributed by atoms with Crippen LogP contribution in [0.4, 0.5) is 0 Å². The number of carbonyl (C=O) groups is 1. The number of rotatable bonds is 4. The van der Waals surface area contributed by atoms with Crippen LogP contribution in [0.5, 0.6) is 0 Å². The lowest BCUT2D eigenvalue weighted by Crippen LogP contribution is -2.39. The van der Waals surface area contributed by atoms with Gasteiger partial charge in [-0.3, -0.25) is 9.69 Å². The topological polar surface area (TPSA) is 91.0 Å². The minimum atomic E-state index is -0.492. The summed E-state index contributed by atoms with van der Waals surface area (Å²) in [7, 11) is 1.32. The van der Waals surface area contributed by atoms with E-state index in [1.807, 2.05) is 6.07 Å². The fraction of sp³-hybridized carbons (Fsp3) is 0.444. The normalized spacial score (nSPS) is 15.5. The molecule has 0 radical (unpaired) electrons. The molecular formula is C18H21N5O4. The molecule has 9 nitrogen and oxygen atoms in total. The number of hydrogen-bond acceptors (Lipinski definition) is 7. The second-order valence-electron chi connectivity index (χ2n) is 6.51. The monoisotopic (exact) mass is 371 g/mol. The van der Waals surface area contributed by atoms with E-state index in [2.05, 4.69) is 15.0 Å². The average molecular weight is 371 g/mol. The number of nitrogens with zero attached hydrogens (tertiary/aromatic N) is 5. The van der Waals surface area contributed by atoms with E-state index < -0.39 is 5.97 Å². The lowest BCUT2D eigenvalue weighted by atomic mass is 10.2. The number of fused-ring (bicyclic) bond motifs is 3. The van der Waals surface area contributed by atoms with Gasteiger partial charge in [-0.15, -0.1) is 0 Å². The fourth-order valence-corrected chi connectivity index (χ4v) is 3.41. The molecule has 3 aromatic heterocycles. The number of methoxy groups -OCH3 is 1. The molecular weight excluding hydrogens is 350 g/mol. The summed E-state index contributed by atoms with van der Waals surface area (Å²) in [6.45, 7) is 6.33. The van der Waals surface area contributed by atoms with Crippen molar-refractivity contribution in [3.63, 3.8) is 0 Å². The van der Waals surface area contributed by atoms with E-state index >= 15 is 0 Å². The average Bonchev–Trinajstić information content (AvgIpc) is 3.04. The number of aryl methyl sites for hydroxylation is 1. The molecule has 0 bridgehead atoms. The van der Waals surface area contributed by atoms with Gasteiger partial charge in [-0.25, -0.2) is 14.3 Å². The zero-order chi connectivity index (χ0) is 19.0. The lowest BCUT2D eigenvalue weighted by Gasteiger charge is -2.26. The molecule has 1 fully saturated rings. The maximum absolute atomic E-state index is 12.9. The minimum absolute atomic E-state index is 0.122. The Kier molecular flexibility index (Phi) is 4.63. The van der Waals surface area contributed by atoms with E-state index in [4.69, 9.17) is 9.47 Å². The number of ether oxygens (including phenoxy) is 2. The number of hydrogen-bond donors (Lipinski definition) is 0. The van der Waals surface area contributed by atoms with Crippen molar-refractivity contribution in [1.29, 1.82) is 0 Å². The Hall–Kier alpha value is -2.78. The number of aromatic nitrogens is 4. The second-order valence-corrected chi connectivity index (χ2v) is 6.51. The first-order valence-corrected chi connectivity index (χ1v) is 8.86. The SMILES string of the molecule is COC(=O)c1c(C)nn2c1ncc1c(=O)n(CCN3CCOCC3)ccc12. The fourth-order valence-electron chi connectivity index (χ4n) is 3.41. The standard InChI is InChI=1S/C18H21N5O4/c1-12-15(18(25)26-2)16-19-11-13-14(23(16)20-12)3-4-22(17(13)24)6-5-21-7-9-27-10-8-21/h3-4,11H,5-10H2,1-2H3. The molecule has 0 amide bonds. The van der Waals surface area contributed by atoms with Crippen LogP contribution in [0.15, 0.2) is 23.3 Å². The Balaban J connectivity index is 1.72. The minimum Gasteiger partial charge on any atom is -0.465 e. The molecule has 0 aliphatic carbocycles. The summed E-state index contributed by atoms with van der Waals surface area (Å²) in [5, 5.41) is 4.85. The van der Waals surface area contributed by atoms with E-state index in [-0.39, 0.29) is 5.56 Å². The molecule has 0 atom stereocenters. The number of carbonyl (C=O) groups excluding carboxylic acids is 1. The van der Waals surface area contributed by atoms with E-state index in [9.17, 15) is 9.59 Å². The van der Waals surface area contributed by atoms with Crippen molar-refractivity contribution in [1.82, 2.24) is 24.1 Å². The van der Waals surface area contributed by atoms with Gasteiger partial charge in [0, 0.05) is 38.6 Å². The Morgan fingerprint density at radius 3 is 2.81 bits per heavy atom. The quantitative estimate of drug-likeness (QED) is 0.616. The molecule has 3 aromatic rings. The predicted octanol–water partition coefficient (Wildman–Crippen LogP) is 0.471. The molecule has 1 aliphatic heterocycles. The summed E-state index contributed by atoms with van der Waals surface area (Å²) in [5.41, 5.74) is 1.71. The predicted molar refractivity (Wildman–Crippen MR) is 98.1 cm³/mol. The van der Waals surface area contributed by atoms with Gasteiger partial charge in [0.2, 0.25) is 0 Å². The van der Waals surface area contributed by atoms with Gasteiger partial charge in [-0.05, 0) is 13.0 Å². The molecule has 1 saturated heterocycles. The molecule has 0 N–H and O–H groups in total. The van der Waals surface area contributed by atoms with Gasteiger partial charge in [0.25, 0.3) is 5.56 Å². The Labute approximate surface area is 155 Å². The van der Waals surface area contributed by atoms with Crippen LogP contribution in [-0.4, -0.2) is 70.0 Å². The van der Waals surface area contributed by atoms with Crippen molar-refractivity contribution >= 4 is 22.5 Å². The molecule has 1 aliphatic rings. The highest BCUT2D eigenvalue weighted by Gasteiger charge is 2.21. The Morgan fingerprint density at radius 2 is 2.07 bits per heavy atom. The molecule has 0 aromatic carbocycles. The van der Waals surface area contributed by atoms with Crippen LogP contribution < -0.4 is 5.56 Å². The lowest BCUT2D eigenvalue weighted by molar-refractivity contribution is 0.0363. The smallest absolute Gasteiger partial charge is 0.343 e. The van der Waals surface area contributed by atoms with Crippen LogP contribution in [-0.2, 0) is 16.0 Å². The highest BCUT2D eigenvalue weighted by molar-refractivity contribution is 5.98. The highest BCUT2D eigenvalue weighted by atomic mass is 16.5. The maximum Gasteiger partial charge on any atom is 0.343 e. The van der Waals surface area contributed by atoms with Crippen LogP contribution in [0.1, 0.15) is 16.1 Å². The molecule has 0 unspecified atom stereocenters. The summed E-state index contributed by atoms with van der Waals surface area (Å²) >= 11 is 0. The summed E-state index contributed by atoms with van der Waals surface area (Å²) in [5.74, 6) is -0.492. The van der Waals surface area contributed by atoms with Crippen LogP contribution >= 0.6 is 0 Å². The number of esters is 1. The Morgan fingerprint density at radius 1 is 1.30 bits per heavy atom. The first-order chi connectivity index (χ1) is 13.1. The molecule has 9 heteroatoms. The van der Waals surface area contributed by atoms with Crippen molar-refractivity contribution in [3.8, 4) is 0 Å². The molecule has 0 spiro atoms. The van der Waals surface area contributed by atoms with E-state index in [0.29, 0.717) is 34.4 Å². The summed E-state index contributed by atoms with van der Waals surface area (Å²) < 4.78 is 13.4. The van der Waals surface area contributed by atoms with Crippen LogP contribution in [0.3, 0.4) is 0 Å². The number of morpholine rings is 1. The third kappa shape index (κ3) is 3.08. The molecule has 142 valence electrons. The van der Waals surface area contributed by atoms with Gasteiger partial charge in [0.1, 0.15) is 5.56 Å². The van der Waals surface area contributed by atoms with E-state index in [1.54, 1.807) is 17.7 Å². The van der Waals surface area contributed by atoms with Crippen molar-refractivity contribution in [2.45, 2.75) is 13.5 Å². The second kappa shape index (κ2) is 7.09. The van der Waals surface area contributed by atoms with Crippen molar-refractivity contribution in [3.05, 3.63) is 40.1 Å². The molecule has 4 heterocycles. The molecule has 27 heavy (non-hydrogen) atoms. The zero-order valence-corrected chi connectivity index (χ0v) is 15.3. The van der Waals surface area contributed by atoms with Gasteiger partial charge < -0.3 is 14.0 Å². The number of pyridine rings is 1. The highest BCUT2D eigenvalue weighted by Crippen LogP contribution is 2.18. The van der Waals surface area contributed by atoms with Gasteiger partial charge in [0.05, 0.1) is 36.9 Å². The van der Waals surface area contributed by atoms with E-state index in [0.717, 1.165) is 32.8 Å². The first kappa shape index (κ1) is 17.6. The third-order valence-electron chi connectivity index (χ3n) is 4.91. The largest absolute Gasteiger partial charge is 0.465 e. The van der Waals surface area contributed by atoms with Crippen LogP contribution in [0, 0.1) is 6.92 Å². The molecule has 4 rings (SSSR count). The molecule has 0 saturated carbocycles. The maximum atomic E-state index is 12.9. The van der Waals surface area contributed by atoms with Crippen molar-refractivity contribution < 1.29 is 14.3 Å². The van der Waals surface area contributed by atoms with Gasteiger partial charge >= 0.3 is 5.97 Å². The third-order valence-corrected chi connectivity index (χ3v) is 4.91. The summed E-state index contributed by atoms with van der Waals surface area (Å²) in [4.78, 5) is 31.5. The zero-order valence-electron chi connectivity index (χ0n) is 15.3. The first-order valence-electron chi connectivity index (χ1n) is 8.86.